The number of allylic oxidation sites excluding steroid dienone is 8. The number of esters is 1. The average molecular weight is 772 g/mol. The van der Waals surface area contributed by atoms with Crippen LogP contribution in [0.2, 0.25) is 0 Å². The van der Waals surface area contributed by atoms with Gasteiger partial charge in [-0.2, -0.15) is 0 Å². The molecule has 6 heteroatoms. The van der Waals surface area contributed by atoms with Gasteiger partial charge in [0.25, 0.3) is 0 Å². The molecular formula is C49H89NO5. The molecule has 6 nitrogen and oxygen atoms in total. The molecule has 0 fully saturated rings. The van der Waals surface area contributed by atoms with E-state index in [2.05, 4.69) is 74.7 Å². The molecule has 0 aliphatic carbocycles. The summed E-state index contributed by atoms with van der Waals surface area (Å²) in [4.78, 5) is 25.9. The zero-order valence-corrected chi connectivity index (χ0v) is 36.3. The highest BCUT2D eigenvalue weighted by atomic mass is 16.5. The Morgan fingerprint density at radius 2 is 0.964 bits per heavy atom. The lowest BCUT2D eigenvalue weighted by Crippen LogP contribution is -2.46. The van der Waals surface area contributed by atoms with Crippen molar-refractivity contribution < 1.29 is 24.5 Å². The third kappa shape index (κ3) is 38.5. The van der Waals surface area contributed by atoms with Crippen LogP contribution in [0.5, 0.6) is 0 Å². The van der Waals surface area contributed by atoms with Crippen molar-refractivity contribution in [3.8, 4) is 0 Å². The Kier molecular flexibility index (Phi) is 41.2. The van der Waals surface area contributed by atoms with Gasteiger partial charge in [0.1, 0.15) is 6.10 Å². The first kappa shape index (κ1) is 52.8. The van der Waals surface area contributed by atoms with Crippen molar-refractivity contribution in [1.82, 2.24) is 5.32 Å². The molecule has 0 spiro atoms. The fourth-order valence-corrected chi connectivity index (χ4v) is 6.79. The number of nitrogens with one attached hydrogen (secondary N) is 1. The first-order valence-electron chi connectivity index (χ1n) is 23.4. The first-order valence-corrected chi connectivity index (χ1v) is 23.4. The number of aliphatic hydroxyl groups is 2. The molecule has 0 rings (SSSR count). The fraction of sp³-hybridized carbons (Fsp3) is 0.796. The van der Waals surface area contributed by atoms with Gasteiger partial charge in [-0.05, 0) is 83.5 Å². The van der Waals surface area contributed by atoms with Crippen LogP contribution >= 0.6 is 0 Å². The summed E-state index contributed by atoms with van der Waals surface area (Å²) in [5.74, 6) is -0.510. The van der Waals surface area contributed by atoms with Crippen LogP contribution in [0.1, 0.15) is 226 Å². The van der Waals surface area contributed by atoms with Crippen molar-refractivity contribution in [2.45, 2.75) is 244 Å². The van der Waals surface area contributed by atoms with Crippen molar-refractivity contribution in [2.24, 2.45) is 0 Å². The quantitative estimate of drug-likeness (QED) is 0.0327. The zero-order chi connectivity index (χ0) is 40.3. The van der Waals surface area contributed by atoms with Gasteiger partial charge in [0, 0.05) is 6.42 Å². The average Bonchev–Trinajstić information content (AvgIpc) is 3.18. The van der Waals surface area contributed by atoms with Gasteiger partial charge in [0.15, 0.2) is 0 Å². The summed E-state index contributed by atoms with van der Waals surface area (Å²) < 4.78 is 5.87. The molecule has 0 aliphatic rings. The van der Waals surface area contributed by atoms with E-state index in [1.165, 1.54) is 83.5 Å². The molecular weight excluding hydrogens is 683 g/mol. The Bertz CT molecular complexity index is 957. The number of hydrogen-bond acceptors (Lipinski definition) is 5. The summed E-state index contributed by atoms with van der Waals surface area (Å²) in [5, 5.41) is 23.5. The Labute approximate surface area is 340 Å². The topological polar surface area (TPSA) is 95.9 Å². The molecule has 0 aliphatic heterocycles. The maximum Gasteiger partial charge on any atom is 0.306 e. The van der Waals surface area contributed by atoms with Crippen molar-refractivity contribution in [1.29, 1.82) is 0 Å². The molecule has 3 unspecified atom stereocenters. The Morgan fingerprint density at radius 3 is 1.55 bits per heavy atom. The van der Waals surface area contributed by atoms with Crippen LogP contribution in [0.25, 0.3) is 0 Å². The molecule has 3 N–H and O–H groups in total. The van der Waals surface area contributed by atoms with Crippen LogP contribution in [0, 0.1) is 0 Å². The smallest absolute Gasteiger partial charge is 0.306 e. The molecule has 0 aromatic rings. The second kappa shape index (κ2) is 43.0. The standard InChI is InChI=1S/C49H89NO5/c1-4-7-10-13-16-19-20-21-22-23-24-25-26-27-28-30-33-36-39-42-49(54)55-45(40-37-34-31-18-15-12-9-6-3)43-48(53)50-46(44-51)47(52)41-38-35-32-29-17-14-11-8-5-2/h12,15-16,19,21-22,24-25,45-47,51-52H,4-11,13-14,17-18,20,23,26-44H2,1-3H3,(H,50,53)/b15-12-,19-16-,22-21-,25-24-. The van der Waals surface area contributed by atoms with Gasteiger partial charge < -0.3 is 20.3 Å². The van der Waals surface area contributed by atoms with Gasteiger partial charge in [-0.15, -0.1) is 0 Å². The van der Waals surface area contributed by atoms with Gasteiger partial charge in [-0.3, -0.25) is 9.59 Å². The van der Waals surface area contributed by atoms with E-state index in [0.29, 0.717) is 19.3 Å². The maximum atomic E-state index is 13.1. The van der Waals surface area contributed by atoms with Crippen molar-refractivity contribution >= 4 is 11.9 Å². The molecule has 1 amide bonds. The third-order valence-electron chi connectivity index (χ3n) is 10.4. The largest absolute Gasteiger partial charge is 0.462 e. The van der Waals surface area contributed by atoms with Gasteiger partial charge in [0.2, 0.25) is 5.91 Å². The van der Waals surface area contributed by atoms with Crippen molar-refractivity contribution in [3.63, 3.8) is 0 Å². The minimum atomic E-state index is -0.790. The van der Waals surface area contributed by atoms with Crippen LogP contribution in [0.4, 0.5) is 0 Å². The van der Waals surface area contributed by atoms with Gasteiger partial charge >= 0.3 is 5.97 Å². The molecule has 320 valence electrons. The summed E-state index contributed by atoms with van der Waals surface area (Å²) in [5.41, 5.74) is 0. The lowest BCUT2D eigenvalue weighted by atomic mass is 10.0. The molecule has 0 aromatic heterocycles. The van der Waals surface area contributed by atoms with Crippen molar-refractivity contribution in [2.75, 3.05) is 6.61 Å². The Balaban J connectivity index is 4.45. The summed E-state index contributed by atoms with van der Waals surface area (Å²) in [6.07, 6.45) is 50.4. The first-order chi connectivity index (χ1) is 27.0. The van der Waals surface area contributed by atoms with Crippen LogP contribution in [0.15, 0.2) is 48.6 Å². The maximum absolute atomic E-state index is 13.1. The van der Waals surface area contributed by atoms with Crippen LogP contribution in [-0.2, 0) is 14.3 Å². The van der Waals surface area contributed by atoms with E-state index in [1.807, 2.05) is 0 Å². The molecule has 0 aromatic carbocycles. The molecule has 0 bridgehead atoms. The molecule has 0 radical (unpaired) electrons. The lowest BCUT2D eigenvalue weighted by Gasteiger charge is -2.24. The molecule has 3 atom stereocenters. The monoisotopic (exact) mass is 772 g/mol. The number of ether oxygens (including phenoxy) is 1. The highest BCUT2D eigenvalue weighted by Gasteiger charge is 2.24. The van der Waals surface area contributed by atoms with E-state index in [-0.39, 0.29) is 24.9 Å². The minimum Gasteiger partial charge on any atom is -0.462 e. The summed E-state index contributed by atoms with van der Waals surface area (Å²) in [6, 6.07) is -0.705. The lowest BCUT2D eigenvalue weighted by molar-refractivity contribution is -0.151. The second-order valence-electron chi connectivity index (χ2n) is 15.8. The highest BCUT2D eigenvalue weighted by molar-refractivity contribution is 5.77. The second-order valence-corrected chi connectivity index (χ2v) is 15.8. The minimum absolute atomic E-state index is 0.0602. The number of carbonyl (C=O) groups excluding carboxylic acids is 2. The Morgan fingerprint density at radius 1 is 0.527 bits per heavy atom. The summed E-state index contributed by atoms with van der Waals surface area (Å²) >= 11 is 0. The van der Waals surface area contributed by atoms with Crippen LogP contribution < -0.4 is 5.32 Å². The van der Waals surface area contributed by atoms with E-state index in [1.54, 1.807) is 0 Å². The molecule has 0 heterocycles. The normalized spacial score (nSPS) is 13.8. The zero-order valence-electron chi connectivity index (χ0n) is 36.3. The highest BCUT2D eigenvalue weighted by Crippen LogP contribution is 2.17. The Hall–Kier alpha value is -2.18. The van der Waals surface area contributed by atoms with Gasteiger partial charge in [-0.1, -0.05) is 179 Å². The number of aliphatic hydroxyl groups excluding tert-OH is 2. The number of hydrogen-bond donors (Lipinski definition) is 3. The SMILES string of the molecule is CCC/C=C\CCCCCC(CC(=O)NC(CO)C(O)CCCCCCCCCCC)OC(=O)CCCCCCCC/C=C\C/C=C\C/C=C\CCCCC. The van der Waals surface area contributed by atoms with E-state index in [0.717, 1.165) is 96.3 Å². The molecule has 0 saturated carbocycles. The van der Waals surface area contributed by atoms with E-state index in [4.69, 9.17) is 4.74 Å². The van der Waals surface area contributed by atoms with Gasteiger partial charge in [0.05, 0.1) is 25.2 Å². The number of unbranched alkanes of at least 4 members (excludes halogenated alkanes) is 21. The van der Waals surface area contributed by atoms with Gasteiger partial charge in [-0.25, -0.2) is 0 Å². The van der Waals surface area contributed by atoms with Crippen LogP contribution in [0.3, 0.4) is 0 Å². The predicted molar refractivity (Wildman–Crippen MR) is 236 cm³/mol. The van der Waals surface area contributed by atoms with E-state index in [9.17, 15) is 19.8 Å². The predicted octanol–water partition coefficient (Wildman–Crippen LogP) is 13.5. The number of rotatable bonds is 41. The number of amides is 1. The van der Waals surface area contributed by atoms with Crippen LogP contribution in [-0.4, -0.2) is 46.9 Å². The fourth-order valence-electron chi connectivity index (χ4n) is 6.79. The summed E-state index contributed by atoms with van der Waals surface area (Å²) in [6.45, 7) is 6.34. The van der Waals surface area contributed by atoms with Crippen molar-refractivity contribution in [3.05, 3.63) is 48.6 Å². The third-order valence-corrected chi connectivity index (χ3v) is 10.4. The van der Waals surface area contributed by atoms with E-state index < -0.39 is 18.2 Å². The summed E-state index contributed by atoms with van der Waals surface area (Å²) in [7, 11) is 0. The van der Waals surface area contributed by atoms with E-state index >= 15 is 0 Å². The molecule has 55 heavy (non-hydrogen) atoms. The molecule has 0 saturated heterocycles. The number of carbonyl (C=O) groups is 2.